The molecule has 1 rings (SSSR count). The number of hydrogen-bond acceptors (Lipinski definition) is 3. The Hall–Kier alpha value is -2.37. The Morgan fingerprint density at radius 3 is 1.96 bits per heavy atom. The van der Waals surface area contributed by atoms with E-state index in [-0.39, 0.29) is 17.7 Å². The van der Waals surface area contributed by atoms with Gasteiger partial charge in [-0.2, -0.15) is 0 Å². The summed E-state index contributed by atoms with van der Waals surface area (Å²) in [5.74, 6) is -0.830. The molecule has 1 aromatic carbocycles. The van der Waals surface area contributed by atoms with Gasteiger partial charge in [-0.1, -0.05) is 13.3 Å². The van der Waals surface area contributed by atoms with E-state index in [4.69, 9.17) is 0 Å². The van der Waals surface area contributed by atoms with E-state index in [1.54, 1.807) is 38.1 Å². The normalized spacial score (nSPS) is 10.8. The Morgan fingerprint density at radius 2 is 1.48 bits per heavy atom. The topological polar surface area (TPSA) is 87.3 Å². The smallest absolute Gasteiger partial charge is 0.239 e. The number of rotatable bonds is 7. The van der Waals surface area contributed by atoms with Crippen molar-refractivity contribution < 1.29 is 14.4 Å². The summed E-state index contributed by atoms with van der Waals surface area (Å²) in [6.07, 6.45) is 1.86. The summed E-state index contributed by atoms with van der Waals surface area (Å²) >= 11 is 0. The predicted molar refractivity (Wildman–Crippen MR) is 91.1 cm³/mol. The molecule has 0 aromatic heterocycles. The van der Waals surface area contributed by atoms with Crippen LogP contribution < -0.4 is 16.0 Å². The summed E-state index contributed by atoms with van der Waals surface area (Å²) in [6, 6.07) is 6.72. The molecule has 0 aliphatic heterocycles. The second kappa shape index (κ2) is 8.31. The Bertz CT molecular complexity index is 565. The average Bonchev–Trinajstić information content (AvgIpc) is 2.48. The van der Waals surface area contributed by atoms with E-state index >= 15 is 0 Å². The molecule has 23 heavy (non-hydrogen) atoms. The monoisotopic (exact) mass is 319 g/mol. The largest absolute Gasteiger partial charge is 0.355 e. The van der Waals surface area contributed by atoms with Crippen LogP contribution in [0.3, 0.4) is 0 Å². The number of carbonyl (C=O) groups is 3. The highest BCUT2D eigenvalue weighted by molar-refractivity contribution is 6.09. The lowest BCUT2D eigenvalue weighted by molar-refractivity contribution is -0.138. The van der Waals surface area contributed by atoms with Crippen molar-refractivity contribution in [1.29, 1.82) is 0 Å². The minimum Gasteiger partial charge on any atom is -0.355 e. The maximum absolute atomic E-state index is 12.3. The zero-order chi connectivity index (χ0) is 17.5. The maximum atomic E-state index is 12.3. The standard InChI is InChI=1S/C17H25N3O3/c1-5-6-11-18-15(22)17(3,4)16(23)20-14-9-7-13(8-10-14)19-12(2)21/h7-10H,5-6,11H2,1-4H3,(H,18,22)(H,19,21)(H,20,23). The van der Waals surface area contributed by atoms with E-state index in [2.05, 4.69) is 16.0 Å². The van der Waals surface area contributed by atoms with Gasteiger partial charge in [0.05, 0.1) is 0 Å². The molecular formula is C17H25N3O3. The van der Waals surface area contributed by atoms with E-state index in [9.17, 15) is 14.4 Å². The first-order valence-corrected chi connectivity index (χ1v) is 7.74. The van der Waals surface area contributed by atoms with E-state index in [0.717, 1.165) is 12.8 Å². The van der Waals surface area contributed by atoms with Gasteiger partial charge >= 0.3 is 0 Å². The molecule has 0 unspecified atom stereocenters. The van der Waals surface area contributed by atoms with Gasteiger partial charge in [-0.05, 0) is 44.5 Å². The van der Waals surface area contributed by atoms with Crippen LogP contribution in [0.1, 0.15) is 40.5 Å². The first kappa shape index (κ1) is 18.7. The summed E-state index contributed by atoms with van der Waals surface area (Å²) in [6.45, 7) is 7.21. The summed E-state index contributed by atoms with van der Waals surface area (Å²) in [4.78, 5) is 35.4. The van der Waals surface area contributed by atoms with E-state index in [1.807, 2.05) is 6.92 Å². The van der Waals surface area contributed by atoms with Crippen molar-refractivity contribution in [2.45, 2.75) is 40.5 Å². The molecule has 1 aromatic rings. The molecular weight excluding hydrogens is 294 g/mol. The quantitative estimate of drug-likeness (QED) is 0.533. The fourth-order valence-electron chi connectivity index (χ4n) is 1.83. The van der Waals surface area contributed by atoms with Crippen molar-refractivity contribution in [1.82, 2.24) is 5.32 Å². The van der Waals surface area contributed by atoms with Gasteiger partial charge in [0.2, 0.25) is 17.7 Å². The lowest BCUT2D eigenvalue weighted by atomic mass is 9.91. The minimum atomic E-state index is -1.16. The van der Waals surface area contributed by atoms with Gasteiger partial charge in [-0.3, -0.25) is 14.4 Å². The molecule has 0 atom stereocenters. The number of carbonyl (C=O) groups excluding carboxylic acids is 3. The lowest BCUT2D eigenvalue weighted by Gasteiger charge is -2.22. The number of benzene rings is 1. The third-order valence-electron chi connectivity index (χ3n) is 3.41. The molecule has 0 saturated heterocycles. The zero-order valence-electron chi connectivity index (χ0n) is 14.2. The number of hydrogen-bond donors (Lipinski definition) is 3. The van der Waals surface area contributed by atoms with Gasteiger partial charge in [-0.15, -0.1) is 0 Å². The second-order valence-electron chi connectivity index (χ2n) is 5.95. The summed E-state index contributed by atoms with van der Waals surface area (Å²) < 4.78 is 0. The fraction of sp³-hybridized carbons (Fsp3) is 0.471. The van der Waals surface area contributed by atoms with Crippen LogP contribution in [0.15, 0.2) is 24.3 Å². The van der Waals surface area contributed by atoms with E-state index < -0.39 is 5.41 Å². The highest BCUT2D eigenvalue weighted by Crippen LogP contribution is 2.20. The van der Waals surface area contributed by atoms with Gasteiger partial charge in [0.15, 0.2) is 0 Å². The van der Waals surface area contributed by atoms with Gasteiger partial charge in [0, 0.05) is 24.8 Å². The lowest BCUT2D eigenvalue weighted by Crippen LogP contribution is -2.45. The summed E-state index contributed by atoms with van der Waals surface area (Å²) in [5.41, 5.74) is 0.0509. The highest BCUT2D eigenvalue weighted by Gasteiger charge is 2.35. The minimum absolute atomic E-state index is 0.160. The molecule has 6 heteroatoms. The number of nitrogens with one attached hydrogen (secondary N) is 3. The Morgan fingerprint density at radius 1 is 0.957 bits per heavy atom. The molecule has 3 N–H and O–H groups in total. The molecule has 0 spiro atoms. The zero-order valence-corrected chi connectivity index (χ0v) is 14.2. The summed E-state index contributed by atoms with van der Waals surface area (Å²) in [7, 11) is 0. The molecule has 0 saturated carbocycles. The van der Waals surface area contributed by atoms with Crippen molar-refractivity contribution in [3.63, 3.8) is 0 Å². The molecule has 0 radical (unpaired) electrons. The van der Waals surface area contributed by atoms with Crippen LogP contribution in [0.5, 0.6) is 0 Å². The molecule has 0 bridgehead atoms. The Kier molecular flexibility index (Phi) is 6.75. The van der Waals surface area contributed by atoms with E-state index in [1.165, 1.54) is 6.92 Å². The molecule has 6 nitrogen and oxygen atoms in total. The third kappa shape index (κ3) is 5.73. The van der Waals surface area contributed by atoms with E-state index in [0.29, 0.717) is 17.9 Å². The van der Waals surface area contributed by atoms with Crippen LogP contribution in [-0.4, -0.2) is 24.3 Å². The van der Waals surface area contributed by atoms with Crippen LogP contribution in [0, 0.1) is 5.41 Å². The number of anilines is 2. The maximum Gasteiger partial charge on any atom is 0.239 e. The van der Waals surface area contributed by atoms with Crippen LogP contribution in [0.25, 0.3) is 0 Å². The first-order chi connectivity index (χ1) is 10.8. The van der Waals surface area contributed by atoms with Crippen LogP contribution in [-0.2, 0) is 14.4 Å². The fourth-order valence-corrected chi connectivity index (χ4v) is 1.83. The van der Waals surface area contributed by atoms with Crippen molar-refractivity contribution in [2.24, 2.45) is 5.41 Å². The van der Waals surface area contributed by atoms with Crippen LogP contribution in [0.2, 0.25) is 0 Å². The molecule has 126 valence electrons. The van der Waals surface area contributed by atoms with Crippen molar-refractivity contribution in [3.8, 4) is 0 Å². The van der Waals surface area contributed by atoms with Gasteiger partial charge in [0.25, 0.3) is 0 Å². The first-order valence-electron chi connectivity index (χ1n) is 7.74. The molecule has 0 fully saturated rings. The number of amides is 3. The Labute approximate surface area is 137 Å². The van der Waals surface area contributed by atoms with Gasteiger partial charge in [-0.25, -0.2) is 0 Å². The van der Waals surface area contributed by atoms with Crippen molar-refractivity contribution in [2.75, 3.05) is 17.2 Å². The third-order valence-corrected chi connectivity index (χ3v) is 3.41. The Balaban J connectivity index is 2.66. The average molecular weight is 319 g/mol. The predicted octanol–water partition coefficient (Wildman–Crippen LogP) is 2.53. The van der Waals surface area contributed by atoms with Crippen molar-refractivity contribution in [3.05, 3.63) is 24.3 Å². The second-order valence-corrected chi connectivity index (χ2v) is 5.95. The molecule has 3 amide bonds. The number of unbranched alkanes of at least 4 members (excludes halogenated alkanes) is 1. The van der Waals surface area contributed by atoms with Gasteiger partial charge in [0.1, 0.15) is 5.41 Å². The highest BCUT2D eigenvalue weighted by atomic mass is 16.2. The van der Waals surface area contributed by atoms with Crippen LogP contribution in [0.4, 0.5) is 11.4 Å². The van der Waals surface area contributed by atoms with Gasteiger partial charge < -0.3 is 16.0 Å². The molecule has 0 heterocycles. The molecule has 0 aliphatic carbocycles. The molecule has 0 aliphatic rings. The van der Waals surface area contributed by atoms with Crippen molar-refractivity contribution >= 4 is 29.1 Å². The SMILES string of the molecule is CCCCNC(=O)C(C)(C)C(=O)Nc1ccc(NC(C)=O)cc1. The summed E-state index contributed by atoms with van der Waals surface area (Å²) in [5, 5.41) is 8.14. The van der Waals surface area contributed by atoms with Crippen LogP contribution >= 0.6 is 0 Å².